The Bertz CT molecular complexity index is 1480. The van der Waals surface area contributed by atoms with E-state index >= 15 is 0 Å². The van der Waals surface area contributed by atoms with Crippen LogP contribution in [0.4, 0.5) is 0 Å². The van der Waals surface area contributed by atoms with Gasteiger partial charge in [-0.2, -0.15) is 9.78 Å². The van der Waals surface area contributed by atoms with Crippen LogP contribution < -0.4 is 15.0 Å². The highest BCUT2D eigenvalue weighted by Crippen LogP contribution is 2.34. The van der Waals surface area contributed by atoms with Crippen LogP contribution in [0.1, 0.15) is 42.8 Å². The maximum absolute atomic E-state index is 13.3. The van der Waals surface area contributed by atoms with E-state index in [1.807, 2.05) is 43.3 Å². The molecule has 3 aromatic carbocycles. The Morgan fingerprint density at radius 3 is 2.69 bits per heavy atom. The van der Waals surface area contributed by atoms with Crippen molar-refractivity contribution in [3.63, 3.8) is 0 Å². The molecule has 0 radical (unpaired) electrons. The van der Waals surface area contributed by atoms with Crippen molar-refractivity contribution in [1.82, 2.24) is 9.66 Å². The molecule has 0 aliphatic heterocycles. The van der Waals surface area contributed by atoms with Crippen LogP contribution in [-0.4, -0.2) is 22.5 Å². The third kappa shape index (κ3) is 6.15. The number of halogens is 2. The van der Waals surface area contributed by atoms with Gasteiger partial charge in [-0.15, -0.1) is 0 Å². The Labute approximate surface area is 232 Å². The van der Waals surface area contributed by atoms with Crippen molar-refractivity contribution in [2.45, 2.75) is 40.2 Å². The van der Waals surface area contributed by atoms with Gasteiger partial charge in [-0.05, 0) is 84.3 Å². The first-order chi connectivity index (χ1) is 17.4. The molecular weight excluding hydrogens is 633 g/mol. The molecule has 1 aromatic heterocycles. The highest BCUT2D eigenvalue weighted by molar-refractivity contribution is 14.1. The van der Waals surface area contributed by atoms with E-state index in [-0.39, 0.29) is 5.56 Å². The van der Waals surface area contributed by atoms with Crippen molar-refractivity contribution in [1.29, 1.82) is 0 Å². The van der Waals surface area contributed by atoms with Gasteiger partial charge < -0.3 is 9.47 Å². The monoisotopic (exact) mass is 659 g/mol. The van der Waals surface area contributed by atoms with Gasteiger partial charge in [0, 0.05) is 10.9 Å². The van der Waals surface area contributed by atoms with Gasteiger partial charge in [0.1, 0.15) is 12.4 Å². The average Bonchev–Trinajstić information content (AvgIpc) is 2.84. The van der Waals surface area contributed by atoms with Crippen LogP contribution in [0.5, 0.6) is 11.5 Å². The van der Waals surface area contributed by atoms with Gasteiger partial charge in [0.15, 0.2) is 11.5 Å². The predicted octanol–water partition coefficient (Wildman–Crippen LogP) is 6.88. The van der Waals surface area contributed by atoms with E-state index < -0.39 is 0 Å². The lowest BCUT2D eigenvalue weighted by molar-refractivity contribution is 0.267. The summed E-state index contributed by atoms with van der Waals surface area (Å²) in [4.78, 5) is 18.0. The summed E-state index contributed by atoms with van der Waals surface area (Å²) in [5.74, 6) is 1.96. The molecule has 6 nitrogen and oxygen atoms in total. The Balaban J connectivity index is 1.69. The van der Waals surface area contributed by atoms with Crippen molar-refractivity contribution in [3.8, 4) is 11.5 Å². The second-order valence-corrected chi connectivity index (χ2v) is 10.4. The maximum Gasteiger partial charge on any atom is 0.282 e. The van der Waals surface area contributed by atoms with Crippen LogP contribution in [0, 0.1) is 10.5 Å². The third-order valence-electron chi connectivity index (χ3n) is 5.47. The zero-order valence-corrected chi connectivity index (χ0v) is 24.2. The quantitative estimate of drug-likeness (QED) is 0.145. The minimum Gasteiger partial charge on any atom is -0.490 e. The first-order valence-corrected chi connectivity index (χ1v) is 13.7. The fourth-order valence-corrected chi connectivity index (χ4v) is 4.99. The molecule has 0 atom stereocenters. The minimum atomic E-state index is -0.196. The summed E-state index contributed by atoms with van der Waals surface area (Å²) in [6.45, 7) is 7.00. The first kappa shape index (κ1) is 26.3. The molecule has 0 N–H and O–H groups in total. The molecule has 0 amide bonds. The molecule has 0 spiro atoms. The van der Waals surface area contributed by atoms with E-state index in [0.29, 0.717) is 47.9 Å². The molecule has 0 unspecified atom stereocenters. The van der Waals surface area contributed by atoms with Crippen molar-refractivity contribution in [3.05, 3.63) is 95.5 Å². The Kier molecular flexibility index (Phi) is 8.79. The number of nitrogens with zero attached hydrogens (tertiary/aromatic N) is 3. The standard InChI is InChI=1S/C28H27BrIN3O3/c1-4-7-26-32-24-11-10-21(29)15-22(24)28(34)33(26)31-16-20-13-23(30)27(25(14-20)35-5-2)36-17-19-9-6-8-18(3)12-19/h6,8-16H,4-5,7,17H2,1-3H3. The van der Waals surface area contributed by atoms with Crippen LogP contribution in [-0.2, 0) is 13.0 Å². The van der Waals surface area contributed by atoms with Crippen LogP contribution in [0.2, 0.25) is 0 Å². The molecule has 0 aliphatic rings. The number of benzene rings is 3. The Morgan fingerprint density at radius 1 is 1.11 bits per heavy atom. The SMILES string of the molecule is CCCc1nc2ccc(Br)cc2c(=O)n1N=Cc1cc(I)c(OCc2cccc(C)c2)c(OCC)c1. The van der Waals surface area contributed by atoms with Crippen LogP contribution in [0.3, 0.4) is 0 Å². The molecule has 0 bridgehead atoms. The van der Waals surface area contributed by atoms with Crippen LogP contribution in [0.15, 0.2) is 69.0 Å². The number of aromatic nitrogens is 2. The van der Waals surface area contributed by atoms with E-state index in [1.54, 1.807) is 12.3 Å². The summed E-state index contributed by atoms with van der Waals surface area (Å²) in [5, 5.41) is 5.07. The molecule has 0 fully saturated rings. The molecule has 4 aromatic rings. The lowest BCUT2D eigenvalue weighted by atomic mass is 10.1. The second kappa shape index (κ2) is 12.0. The minimum absolute atomic E-state index is 0.196. The summed E-state index contributed by atoms with van der Waals surface area (Å²) < 4.78 is 15.2. The van der Waals surface area contributed by atoms with Crippen molar-refractivity contribution in [2.24, 2.45) is 5.10 Å². The lowest BCUT2D eigenvalue weighted by Crippen LogP contribution is -2.22. The largest absolute Gasteiger partial charge is 0.490 e. The van der Waals surface area contributed by atoms with Crippen LogP contribution in [0.25, 0.3) is 10.9 Å². The van der Waals surface area contributed by atoms with E-state index in [9.17, 15) is 4.79 Å². The fourth-order valence-electron chi connectivity index (χ4n) is 3.85. The smallest absolute Gasteiger partial charge is 0.282 e. The molecule has 8 heteroatoms. The summed E-state index contributed by atoms with van der Waals surface area (Å²) in [6, 6.07) is 17.6. The van der Waals surface area contributed by atoms with Gasteiger partial charge in [-0.1, -0.05) is 52.7 Å². The van der Waals surface area contributed by atoms with Gasteiger partial charge >= 0.3 is 0 Å². The van der Waals surface area contributed by atoms with Crippen LogP contribution >= 0.6 is 38.5 Å². The van der Waals surface area contributed by atoms with Gasteiger partial charge in [-0.3, -0.25) is 4.79 Å². The average molecular weight is 660 g/mol. The van der Waals surface area contributed by atoms with Crippen molar-refractivity contribution in [2.75, 3.05) is 6.61 Å². The number of rotatable bonds is 9. The van der Waals surface area contributed by atoms with Gasteiger partial charge in [0.2, 0.25) is 0 Å². The number of hydrogen-bond donors (Lipinski definition) is 0. The first-order valence-electron chi connectivity index (χ1n) is 11.8. The van der Waals surface area contributed by atoms with Gasteiger partial charge in [0.05, 0.1) is 27.3 Å². The Hall–Kier alpha value is -2.72. The fraction of sp³-hybridized carbons (Fsp3) is 0.250. The zero-order valence-electron chi connectivity index (χ0n) is 20.4. The highest BCUT2D eigenvalue weighted by Gasteiger charge is 2.14. The van der Waals surface area contributed by atoms with Gasteiger partial charge in [-0.25, -0.2) is 4.98 Å². The topological polar surface area (TPSA) is 65.7 Å². The van der Waals surface area contributed by atoms with Gasteiger partial charge in [0.25, 0.3) is 5.56 Å². The number of ether oxygens (including phenoxy) is 2. The molecule has 0 aliphatic carbocycles. The number of aryl methyl sites for hydroxylation is 2. The molecule has 36 heavy (non-hydrogen) atoms. The van der Waals surface area contributed by atoms with E-state index in [0.717, 1.165) is 25.6 Å². The van der Waals surface area contributed by atoms with E-state index in [4.69, 9.17) is 14.5 Å². The predicted molar refractivity (Wildman–Crippen MR) is 157 cm³/mol. The highest BCUT2D eigenvalue weighted by atomic mass is 127. The molecule has 0 saturated carbocycles. The summed E-state index contributed by atoms with van der Waals surface area (Å²) in [7, 11) is 0. The summed E-state index contributed by atoms with van der Waals surface area (Å²) in [6.07, 6.45) is 3.16. The normalized spacial score (nSPS) is 11.4. The number of fused-ring (bicyclic) bond motifs is 1. The van der Waals surface area contributed by atoms with Crippen molar-refractivity contribution < 1.29 is 9.47 Å². The zero-order chi connectivity index (χ0) is 25.7. The summed E-state index contributed by atoms with van der Waals surface area (Å²) >= 11 is 5.69. The lowest BCUT2D eigenvalue weighted by Gasteiger charge is -2.15. The van der Waals surface area contributed by atoms with Crippen molar-refractivity contribution >= 4 is 55.6 Å². The summed E-state index contributed by atoms with van der Waals surface area (Å²) in [5.41, 5.74) is 3.56. The Morgan fingerprint density at radius 2 is 1.94 bits per heavy atom. The molecule has 186 valence electrons. The molecule has 1 heterocycles. The molecule has 4 rings (SSSR count). The molecule has 0 saturated heterocycles. The third-order valence-corrected chi connectivity index (χ3v) is 6.76. The second-order valence-electron chi connectivity index (χ2n) is 8.34. The van der Waals surface area contributed by atoms with E-state index in [2.05, 4.69) is 69.6 Å². The molecular formula is C28H27BrIN3O3. The number of hydrogen-bond acceptors (Lipinski definition) is 5. The van der Waals surface area contributed by atoms with E-state index in [1.165, 1.54) is 10.2 Å². The maximum atomic E-state index is 13.3.